The van der Waals surface area contributed by atoms with Crippen LogP contribution in [0.5, 0.6) is 0 Å². The van der Waals surface area contributed by atoms with Crippen molar-refractivity contribution in [1.29, 1.82) is 0 Å². The highest BCUT2D eigenvalue weighted by Crippen LogP contribution is 2.30. The predicted molar refractivity (Wildman–Crippen MR) is 91.1 cm³/mol. The van der Waals surface area contributed by atoms with Gasteiger partial charge in [-0.3, -0.25) is 15.1 Å². The van der Waals surface area contributed by atoms with Crippen molar-refractivity contribution >= 4 is 23.7 Å². The fourth-order valence-corrected chi connectivity index (χ4v) is 3.27. The topological polar surface area (TPSA) is 116 Å². The second-order valence-corrected chi connectivity index (χ2v) is 6.53. The Kier molecular flexibility index (Phi) is 5.91. The zero-order valence-electron chi connectivity index (χ0n) is 13.8. The van der Waals surface area contributed by atoms with Crippen LogP contribution in [0.4, 0.5) is 4.79 Å². The zero-order valence-corrected chi connectivity index (χ0v) is 14.6. The lowest BCUT2D eigenvalue weighted by Crippen LogP contribution is -2.42. The number of urea groups is 1. The monoisotopic (exact) mass is 348 g/mol. The van der Waals surface area contributed by atoms with Gasteiger partial charge >= 0.3 is 6.03 Å². The molecular weight excluding hydrogens is 328 g/mol. The summed E-state index contributed by atoms with van der Waals surface area (Å²) in [4.78, 5) is 27.1. The lowest BCUT2D eigenvalue weighted by Gasteiger charge is -2.18. The van der Waals surface area contributed by atoms with Gasteiger partial charge in [0.1, 0.15) is 0 Å². The summed E-state index contributed by atoms with van der Waals surface area (Å²) in [5.74, 6) is 0.263. The van der Waals surface area contributed by atoms with E-state index in [4.69, 9.17) is 5.73 Å². The van der Waals surface area contributed by atoms with Gasteiger partial charge in [-0.25, -0.2) is 4.79 Å². The largest absolute Gasteiger partial charge is 0.351 e. The van der Waals surface area contributed by atoms with E-state index < -0.39 is 17.2 Å². The Morgan fingerprint density at radius 1 is 1.29 bits per heavy atom. The van der Waals surface area contributed by atoms with E-state index in [0.29, 0.717) is 17.5 Å². The summed E-state index contributed by atoms with van der Waals surface area (Å²) in [6.45, 7) is 6.42. The van der Waals surface area contributed by atoms with Crippen molar-refractivity contribution in [2.45, 2.75) is 37.7 Å². The van der Waals surface area contributed by atoms with Crippen LogP contribution >= 0.6 is 11.8 Å². The van der Waals surface area contributed by atoms with Gasteiger partial charge < -0.3 is 10.3 Å². The number of aromatic nitrogens is 4. The predicted octanol–water partition coefficient (Wildman–Crippen LogP) is 1.67. The summed E-state index contributed by atoms with van der Waals surface area (Å²) in [7, 11) is 0. The summed E-state index contributed by atoms with van der Waals surface area (Å²) in [5.41, 5.74) is 5.94. The highest BCUT2D eigenvalue weighted by molar-refractivity contribution is 8.00. The quantitative estimate of drug-likeness (QED) is 0.767. The number of rotatable bonds is 6. The van der Waals surface area contributed by atoms with E-state index in [-0.39, 0.29) is 5.92 Å². The molecule has 0 saturated carbocycles. The lowest BCUT2D eigenvalue weighted by molar-refractivity contribution is -0.120. The number of carbonyl (C=O) groups is 2. The summed E-state index contributed by atoms with van der Waals surface area (Å²) in [6, 6.07) is 2.84. The van der Waals surface area contributed by atoms with E-state index in [1.807, 2.05) is 37.5 Å². The first-order valence-electron chi connectivity index (χ1n) is 7.54. The molecule has 24 heavy (non-hydrogen) atoms. The number of hydrogen-bond donors (Lipinski definition) is 2. The average molecular weight is 348 g/mol. The fourth-order valence-electron chi connectivity index (χ4n) is 2.17. The van der Waals surface area contributed by atoms with E-state index >= 15 is 0 Å². The van der Waals surface area contributed by atoms with E-state index in [0.717, 1.165) is 5.56 Å². The number of imide groups is 1. The SMILES string of the molecule is CCn1c(S[C@@H](C(=O)NC(N)=O)C(C)C)nnc1-c1ccncc1. The van der Waals surface area contributed by atoms with Crippen LogP contribution in [0.2, 0.25) is 0 Å². The summed E-state index contributed by atoms with van der Waals surface area (Å²) in [5, 5.41) is 10.7. The minimum absolute atomic E-state index is 0.0132. The molecule has 0 radical (unpaired) electrons. The number of thioether (sulfide) groups is 1. The average Bonchev–Trinajstić information content (AvgIpc) is 2.95. The van der Waals surface area contributed by atoms with Gasteiger partial charge in [0.15, 0.2) is 11.0 Å². The second kappa shape index (κ2) is 7.91. The number of pyridine rings is 1. The molecule has 9 heteroatoms. The Morgan fingerprint density at radius 3 is 2.50 bits per heavy atom. The minimum atomic E-state index is -0.860. The van der Waals surface area contributed by atoms with E-state index in [9.17, 15) is 9.59 Å². The first-order valence-corrected chi connectivity index (χ1v) is 8.42. The molecule has 3 N–H and O–H groups in total. The molecule has 0 aliphatic rings. The number of nitrogens with two attached hydrogens (primary N) is 1. The molecule has 0 fully saturated rings. The maximum atomic E-state index is 12.2. The molecule has 0 aliphatic heterocycles. The Labute approximate surface area is 144 Å². The zero-order chi connectivity index (χ0) is 17.7. The van der Waals surface area contributed by atoms with Gasteiger partial charge in [0.2, 0.25) is 5.91 Å². The molecule has 2 aromatic rings. The number of hydrogen-bond acceptors (Lipinski definition) is 6. The van der Waals surface area contributed by atoms with Crippen LogP contribution in [0.3, 0.4) is 0 Å². The number of nitrogens with zero attached hydrogens (tertiary/aromatic N) is 4. The first kappa shape index (κ1) is 17.9. The molecule has 128 valence electrons. The van der Waals surface area contributed by atoms with Gasteiger partial charge in [0, 0.05) is 24.5 Å². The normalized spacial score (nSPS) is 12.2. The number of carbonyl (C=O) groups excluding carboxylic acids is 2. The van der Waals surface area contributed by atoms with Gasteiger partial charge in [-0.1, -0.05) is 25.6 Å². The lowest BCUT2D eigenvalue weighted by atomic mass is 10.1. The van der Waals surface area contributed by atoms with Crippen LogP contribution in [0.15, 0.2) is 29.7 Å². The van der Waals surface area contributed by atoms with Crippen molar-refractivity contribution in [3.05, 3.63) is 24.5 Å². The Morgan fingerprint density at radius 2 is 1.96 bits per heavy atom. The molecule has 2 aromatic heterocycles. The molecule has 0 aromatic carbocycles. The molecular formula is C15H20N6O2S. The Balaban J connectivity index is 2.30. The second-order valence-electron chi connectivity index (χ2n) is 5.42. The number of primary amides is 1. The molecule has 3 amide bonds. The third-order valence-corrected chi connectivity index (χ3v) is 4.84. The maximum Gasteiger partial charge on any atom is 0.318 e. The van der Waals surface area contributed by atoms with Gasteiger partial charge in [-0.15, -0.1) is 10.2 Å². The van der Waals surface area contributed by atoms with E-state index in [1.54, 1.807) is 12.4 Å². The van der Waals surface area contributed by atoms with Crippen molar-refractivity contribution in [3.8, 4) is 11.4 Å². The van der Waals surface area contributed by atoms with Crippen LogP contribution < -0.4 is 11.1 Å². The van der Waals surface area contributed by atoms with Crippen molar-refractivity contribution in [1.82, 2.24) is 25.1 Å². The highest BCUT2D eigenvalue weighted by Gasteiger charge is 2.27. The summed E-state index contributed by atoms with van der Waals surface area (Å²) in [6.07, 6.45) is 3.38. The smallest absolute Gasteiger partial charge is 0.318 e. The van der Waals surface area contributed by atoms with Crippen molar-refractivity contribution < 1.29 is 9.59 Å². The van der Waals surface area contributed by atoms with Crippen molar-refractivity contribution in [3.63, 3.8) is 0 Å². The standard InChI is InChI=1S/C15H20N6O2S/c1-4-21-12(10-5-7-17-8-6-10)19-20-15(21)24-11(9(2)3)13(22)18-14(16)23/h5-9,11H,4H2,1-3H3,(H3,16,18,22,23)/t11-/m1/s1. The minimum Gasteiger partial charge on any atom is -0.351 e. The molecule has 1 atom stereocenters. The molecule has 0 unspecified atom stereocenters. The molecule has 0 saturated heterocycles. The van der Waals surface area contributed by atoms with E-state index in [1.165, 1.54) is 11.8 Å². The highest BCUT2D eigenvalue weighted by atomic mass is 32.2. The maximum absolute atomic E-state index is 12.2. The summed E-state index contributed by atoms with van der Waals surface area (Å²) < 4.78 is 1.92. The molecule has 2 rings (SSSR count). The third-order valence-electron chi connectivity index (χ3n) is 3.31. The van der Waals surface area contributed by atoms with Gasteiger partial charge in [-0.05, 0) is 25.0 Å². The Bertz CT molecular complexity index is 716. The van der Waals surface area contributed by atoms with Crippen LogP contribution in [0.25, 0.3) is 11.4 Å². The summed E-state index contributed by atoms with van der Waals surface area (Å²) >= 11 is 1.27. The van der Waals surface area contributed by atoms with Crippen LogP contribution in [-0.4, -0.2) is 36.9 Å². The van der Waals surface area contributed by atoms with Crippen molar-refractivity contribution in [2.75, 3.05) is 0 Å². The molecule has 0 bridgehead atoms. The molecule has 0 spiro atoms. The van der Waals surface area contributed by atoms with Crippen LogP contribution in [-0.2, 0) is 11.3 Å². The fraction of sp³-hybridized carbons (Fsp3) is 0.400. The first-order chi connectivity index (χ1) is 11.4. The third kappa shape index (κ3) is 4.10. The van der Waals surface area contributed by atoms with Gasteiger partial charge in [-0.2, -0.15) is 0 Å². The number of nitrogens with one attached hydrogen (secondary N) is 1. The van der Waals surface area contributed by atoms with Gasteiger partial charge in [0.05, 0.1) is 5.25 Å². The van der Waals surface area contributed by atoms with Crippen molar-refractivity contribution in [2.24, 2.45) is 11.7 Å². The molecule has 2 heterocycles. The molecule has 0 aliphatic carbocycles. The van der Waals surface area contributed by atoms with Gasteiger partial charge in [0.25, 0.3) is 0 Å². The molecule has 8 nitrogen and oxygen atoms in total. The van der Waals surface area contributed by atoms with E-state index in [2.05, 4.69) is 20.5 Å². The van der Waals surface area contributed by atoms with Crippen LogP contribution in [0.1, 0.15) is 20.8 Å². The number of amides is 3. The van der Waals surface area contributed by atoms with Crippen LogP contribution in [0, 0.1) is 5.92 Å². The Hall–Kier alpha value is -2.42.